The molecule has 1 atom stereocenters. The maximum atomic E-state index is 12.5. The number of amides is 1. The third-order valence-corrected chi connectivity index (χ3v) is 4.36. The fourth-order valence-corrected chi connectivity index (χ4v) is 2.95. The number of hydrogen-bond acceptors (Lipinski definition) is 6. The molecular formula is C16H21N5O5. The number of H-pyrrole nitrogens is 1. The van der Waals surface area contributed by atoms with E-state index in [1.54, 1.807) is 15.6 Å². The number of fused-ring (bicyclic) bond motifs is 1. The summed E-state index contributed by atoms with van der Waals surface area (Å²) < 4.78 is 3.03. The molecule has 0 aliphatic carbocycles. The fraction of sp³-hybridized carbons (Fsp3) is 0.500. The number of aromatic nitrogens is 4. The molecule has 0 saturated carbocycles. The minimum Gasteiger partial charge on any atom is -0.393 e. The largest absolute Gasteiger partial charge is 0.393 e. The van der Waals surface area contributed by atoms with E-state index in [1.165, 1.54) is 16.8 Å². The van der Waals surface area contributed by atoms with Gasteiger partial charge in [-0.05, 0) is 12.5 Å². The first-order valence-electron chi connectivity index (χ1n) is 8.41. The molecule has 10 nitrogen and oxygen atoms in total. The van der Waals surface area contributed by atoms with Gasteiger partial charge in [0, 0.05) is 38.3 Å². The zero-order valence-electron chi connectivity index (χ0n) is 14.2. The molecule has 140 valence electrons. The van der Waals surface area contributed by atoms with Crippen LogP contribution in [-0.2, 0) is 24.4 Å². The standard InChI is InChI=1S/C16H21N5O5/c22-10-13(23)12-8-11-9-20(4-1-5-21(11)18-12)15(25)3-7-19-6-2-14(24)17-16(19)26/h2,6,8,13,22-23H,1,3-5,7,9-10H2,(H,17,24,26)/t13-/m0/s1. The second-order valence-corrected chi connectivity index (χ2v) is 6.20. The average Bonchev–Trinajstić information content (AvgIpc) is 2.91. The molecule has 1 aliphatic rings. The van der Waals surface area contributed by atoms with E-state index in [4.69, 9.17) is 5.11 Å². The number of carbonyl (C=O) groups excluding carboxylic acids is 1. The zero-order chi connectivity index (χ0) is 18.7. The van der Waals surface area contributed by atoms with Crippen LogP contribution >= 0.6 is 0 Å². The number of nitrogens with zero attached hydrogens (tertiary/aromatic N) is 4. The van der Waals surface area contributed by atoms with Gasteiger partial charge in [0.05, 0.1) is 24.5 Å². The summed E-state index contributed by atoms with van der Waals surface area (Å²) in [6.45, 7) is 1.31. The molecule has 2 aromatic rings. The van der Waals surface area contributed by atoms with Crippen LogP contribution in [0.4, 0.5) is 0 Å². The summed E-state index contributed by atoms with van der Waals surface area (Å²) in [4.78, 5) is 39.1. The highest BCUT2D eigenvalue weighted by molar-refractivity contribution is 5.76. The van der Waals surface area contributed by atoms with Gasteiger partial charge < -0.3 is 19.7 Å². The Balaban J connectivity index is 1.67. The smallest absolute Gasteiger partial charge is 0.328 e. The second kappa shape index (κ2) is 7.67. The van der Waals surface area contributed by atoms with Gasteiger partial charge >= 0.3 is 5.69 Å². The highest BCUT2D eigenvalue weighted by Gasteiger charge is 2.22. The Labute approximate surface area is 148 Å². The highest BCUT2D eigenvalue weighted by atomic mass is 16.3. The number of aliphatic hydroxyl groups excluding tert-OH is 2. The van der Waals surface area contributed by atoms with Crippen LogP contribution in [0, 0.1) is 0 Å². The van der Waals surface area contributed by atoms with Crippen molar-refractivity contribution in [3.05, 3.63) is 50.6 Å². The van der Waals surface area contributed by atoms with Crippen molar-refractivity contribution < 1.29 is 15.0 Å². The number of rotatable bonds is 5. The van der Waals surface area contributed by atoms with Crippen LogP contribution in [0.15, 0.2) is 27.9 Å². The summed E-state index contributed by atoms with van der Waals surface area (Å²) in [5.74, 6) is -0.109. The van der Waals surface area contributed by atoms with Gasteiger partial charge in [-0.2, -0.15) is 5.10 Å². The van der Waals surface area contributed by atoms with Crippen LogP contribution in [0.1, 0.15) is 30.3 Å². The van der Waals surface area contributed by atoms with E-state index >= 15 is 0 Å². The quantitative estimate of drug-likeness (QED) is 0.597. The fourth-order valence-electron chi connectivity index (χ4n) is 2.95. The predicted molar refractivity (Wildman–Crippen MR) is 90.2 cm³/mol. The van der Waals surface area contributed by atoms with Crippen LogP contribution in [0.2, 0.25) is 0 Å². The number of aryl methyl sites for hydroxylation is 2. The second-order valence-electron chi connectivity index (χ2n) is 6.20. The van der Waals surface area contributed by atoms with Crippen molar-refractivity contribution in [2.75, 3.05) is 13.2 Å². The SMILES string of the molecule is O=C(CCn1ccc(=O)[nH]c1=O)N1CCCn2nc([C@@H](O)CO)cc2C1. The summed E-state index contributed by atoms with van der Waals surface area (Å²) in [6, 6.07) is 2.93. The van der Waals surface area contributed by atoms with E-state index in [0.717, 1.165) is 5.69 Å². The molecule has 1 aliphatic heterocycles. The molecule has 0 aromatic carbocycles. The molecule has 0 radical (unpaired) electrons. The van der Waals surface area contributed by atoms with Gasteiger partial charge in [0.1, 0.15) is 6.10 Å². The van der Waals surface area contributed by atoms with Crippen molar-refractivity contribution in [3.63, 3.8) is 0 Å². The normalized spacial score (nSPS) is 15.4. The predicted octanol–water partition coefficient (Wildman–Crippen LogP) is -1.42. The van der Waals surface area contributed by atoms with E-state index in [2.05, 4.69) is 10.1 Å². The van der Waals surface area contributed by atoms with E-state index in [1.807, 2.05) is 0 Å². The molecule has 3 N–H and O–H groups in total. The number of hydrogen-bond donors (Lipinski definition) is 3. The van der Waals surface area contributed by atoms with Gasteiger partial charge in [-0.3, -0.25) is 19.3 Å². The molecule has 0 spiro atoms. The first-order valence-corrected chi connectivity index (χ1v) is 8.41. The molecule has 1 amide bonds. The molecule has 3 rings (SSSR count). The summed E-state index contributed by atoms with van der Waals surface area (Å²) >= 11 is 0. The molecule has 10 heteroatoms. The van der Waals surface area contributed by atoms with Crippen molar-refractivity contribution in [2.45, 2.75) is 38.6 Å². The van der Waals surface area contributed by atoms with Crippen LogP contribution in [0.3, 0.4) is 0 Å². The lowest BCUT2D eigenvalue weighted by Crippen LogP contribution is -2.34. The number of aromatic amines is 1. The van der Waals surface area contributed by atoms with Gasteiger partial charge in [-0.1, -0.05) is 0 Å². The minimum atomic E-state index is -1.04. The molecule has 2 aromatic heterocycles. The van der Waals surface area contributed by atoms with E-state index < -0.39 is 24.0 Å². The van der Waals surface area contributed by atoms with E-state index in [9.17, 15) is 19.5 Å². The lowest BCUT2D eigenvalue weighted by atomic mass is 10.2. The van der Waals surface area contributed by atoms with Crippen molar-refractivity contribution >= 4 is 5.91 Å². The van der Waals surface area contributed by atoms with Gasteiger partial charge in [0.15, 0.2) is 0 Å². The van der Waals surface area contributed by atoms with Gasteiger partial charge in [0.25, 0.3) is 5.56 Å². The van der Waals surface area contributed by atoms with Gasteiger partial charge in [-0.15, -0.1) is 0 Å². The van der Waals surface area contributed by atoms with Crippen LogP contribution in [0.5, 0.6) is 0 Å². The average molecular weight is 363 g/mol. The Hall–Kier alpha value is -2.72. The van der Waals surface area contributed by atoms with E-state index in [-0.39, 0.29) is 18.9 Å². The molecule has 0 saturated heterocycles. The third kappa shape index (κ3) is 3.92. The summed E-state index contributed by atoms with van der Waals surface area (Å²) in [5.41, 5.74) is 0.164. The molecule has 26 heavy (non-hydrogen) atoms. The Kier molecular flexibility index (Phi) is 5.33. The van der Waals surface area contributed by atoms with Gasteiger partial charge in [0.2, 0.25) is 5.91 Å². The minimum absolute atomic E-state index is 0.109. The first kappa shape index (κ1) is 18.1. The third-order valence-electron chi connectivity index (χ3n) is 4.36. The molecule has 0 fully saturated rings. The van der Waals surface area contributed by atoms with E-state index in [0.29, 0.717) is 31.7 Å². The number of carbonyl (C=O) groups is 1. The highest BCUT2D eigenvalue weighted by Crippen LogP contribution is 2.18. The summed E-state index contributed by atoms with van der Waals surface area (Å²) in [5, 5.41) is 23.0. The van der Waals surface area contributed by atoms with Crippen molar-refractivity contribution in [3.8, 4) is 0 Å². The molecule has 0 unspecified atom stereocenters. The zero-order valence-corrected chi connectivity index (χ0v) is 14.2. The maximum absolute atomic E-state index is 12.5. The molecular weight excluding hydrogens is 342 g/mol. The number of aliphatic hydroxyl groups is 2. The van der Waals surface area contributed by atoms with Crippen LogP contribution in [-0.4, -0.2) is 53.5 Å². The van der Waals surface area contributed by atoms with Crippen LogP contribution < -0.4 is 11.2 Å². The Morgan fingerprint density at radius 2 is 2.15 bits per heavy atom. The lowest BCUT2D eigenvalue weighted by molar-refractivity contribution is -0.132. The Bertz CT molecular complexity index is 899. The monoisotopic (exact) mass is 363 g/mol. The molecule has 3 heterocycles. The topological polar surface area (TPSA) is 133 Å². The van der Waals surface area contributed by atoms with Crippen molar-refractivity contribution in [1.82, 2.24) is 24.2 Å². The van der Waals surface area contributed by atoms with Crippen molar-refractivity contribution in [1.29, 1.82) is 0 Å². The molecule has 0 bridgehead atoms. The Morgan fingerprint density at radius 3 is 2.88 bits per heavy atom. The van der Waals surface area contributed by atoms with Crippen molar-refractivity contribution in [2.24, 2.45) is 0 Å². The van der Waals surface area contributed by atoms with Gasteiger partial charge in [-0.25, -0.2) is 4.79 Å². The lowest BCUT2D eigenvalue weighted by Gasteiger charge is -2.20. The number of nitrogens with one attached hydrogen (secondary N) is 1. The maximum Gasteiger partial charge on any atom is 0.328 e. The summed E-state index contributed by atoms with van der Waals surface area (Å²) in [7, 11) is 0. The summed E-state index contributed by atoms with van der Waals surface area (Å²) in [6.07, 6.45) is 1.18. The van der Waals surface area contributed by atoms with Crippen LogP contribution in [0.25, 0.3) is 0 Å². The Morgan fingerprint density at radius 1 is 1.35 bits per heavy atom. The first-order chi connectivity index (χ1) is 12.5.